The Morgan fingerprint density at radius 1 is 1.14 bits per heavy atom. The molecule has 0 saturated heterocycles. The predicted octanol–water partition coefficient (Wildman–Crippen LogP) is 5.61. The lowest BCUT2D eigenvalue weighted by Gasteiger charge is -2.11. The fourth-order valence-corrected chi connectivity index (χ4v) is 3.27. The Labute approximate surface area is 172 Å². The van der Waals surface area contributed by atoms with Gasteiger partial charge in [-0.15, -0.1) is 0 Å². The van der Waals surface area contributed by atoms with Crippen LogP contribution in [0.2, 0.25) is 0 Å². The second-order valence-electron chi connectivity index (χ2n) is 5.97. The number of fused-ring (bicyclic) bond motifs is 1. The SMILES string of the molecule is CCOC(=O)COc1ccc(Br)cc1/C=C(/C#N)c1cccc2ccccc12. The van der Waals surface area contributed by atoms with Crippen molar-refractivity contribution in [2.45, 2.75) is 6.92 Å². The van der Waals surface area contributed by atoms with Crippen molar-refractivity contribution in [2.24, 2.45) is 0 Å². The van der Waals surface area contributed by atoms with Crippen LogP contribution in [0, 0.1) is 11.3 Å². The number of benzene rings is 3. The van der Waals surface area contributed by atoms with Crippen LogP contribution in [0.15, 0.2) is 65.1 Å². The second kappa shape index (κ2) is 9.20. The highest BCUT2D eigenvalue weighted by atomic mass is 79.9. The Kier molecular flexibility index (Phi) is 6.46. The lowest BCUT2D eigenvalue weighted by atomic mass is 9.97. The first-order valence-electron chi connectivity index (χ1n) is 8.80. The molecule has 28 heavy (non-hydrogen) atoms. The van der Waals surface area contributed by atoms with Gasteiger partial charge in [0.25, 0.3) is 0 Å². The van der Waals surface area contributed by atoms with E-state index < -0.39 is 5.97 Å². The highest BCUT2D eigenvalue weighted by molar-refractivity contribution is 9.10. The maximum absolute atomic E-state index is 11.6. The number of hydrogen-bond acceptors (Lipinski definition) is 4. The zero-order chi connectivity index (χ0) is 19.9. The summed E-state index contributed by atoms with van der Waals surface area (Å²) < 4.78 is 11.4. The third-order valence-corrected chi connectivity index (χ3v) is 4.62. The molecule has 0 heterocycles. The van der Waals surface area contributed by atoms with Crippen molar-refractivity contribution in [3.63, 3.8) is 0 Å². The summed E-state index contributed by atoms with van der Waals surface area (Å²) in [6.07, 6.45) is 1.77. The number of rotatable bonds is 6. The Hall–Kier alpha value is -3.10. The van der Waals surface area contributed by atoms with Gasteiger partial charge in [0.2, 0.25) is 0 Å². The fourth-order valence-electron chi connectivity index (χ4n) is 2.89. The minimum absolute atomic E-state index is 0.188. The average Bonchev–Trinajstić information content (AvgIpc) is 2.71. The maximum Gasteiger partial charge on any atom is 0.344 e. The zero-order valence-corrected chi connectivity index (χ0v) is 16.9. The first kappa shape index (κ1) is 19.7. The molecule has 0 spiro atoms. The number of hydrogen-bond donors (Lipinski definition) is 0. The smallest absolute Gasteiger partial charge is 0.344 e. The Morgan fingerprint density at radius 2 is 1.93 bits per heavy atom. The third kappa shape index (κ3) is 4.59. The quantitative estimate of drug-likeness (QED) is 0.286. The van der Waals surface area contributed by atoms with Gasteiger partial charge in [-0.3, -0.25) is 0 Å². The number of allylic oxidation sites excluding steroid dienone is 1. The third-order valence-electron chi connectivity index (χ3n) is 4.12. The molecule has 140 valence electrons. The van der Waals surface area contributed by atoms with E-state index in [0.717, 1.165) is 20.8 Å². The van der Waals surface area contributed by atoms with Crippen molar-refractivity contribution < 1.29 is 14.3 Å². The number of ether oxygens (including phenoxy) is 2. The van der Waals surface area contributed by atoms with Crippen molar-refractivity contribution in [3.05, 3.63) is 76.3 Å². The Balaban J connectivity index is 2.02. The molecule has 0 bridgehead atoms. The van der Waals surface area contributed by atoms with Crippen LogP contribution >= 0.6 is 15.9 Å². The van der Waals surface area contributed by atoms with Gasteiger partial charge in [0.1, 0.15) is 5.75 Å². The summed E-state index contributed by atoms with van der Waals surface area (Å²) in [4.78, 5) is 11.6. The van der Waals surface area contributed by atoms with E-state index in [1.165, 1.54) is 0 Å². The molecule has 0 aliphatic heterocycles. The number of nitriles is 1. The van der Waals surface area contributed by atoms with E-state index in [0.29, 0.717) is 23.5 Å². The lowest BCUT2D eigenvalue weighted by Crippen LogP contribution is -2.14. The summed E-state index contributed by atoms with van der Waals surface area (Å²) in [7, 11) is 0. The molecule has 0 unspecified atom stereocenters. The van der Waals surface area contributed by atoms with Gasteiger partial charge < -0.3 is 9.47 Å². The minimum Gasteiger partial charge on any atom is -0.481 e. The topological polar surface area (TPSA) is 59.3 Å². The van der Waals surface area contributed by atoms with E-state index in [9.17, 15) is 10.1 Å². The van der Waals surface area contributed by atoms with Crippen LogP contribution in [0.3, 0.4) is 0 Å². The van der Waals surface area contributed by atoms with Gasteiger partial charge in [-0.25, -0.2) is 4.79 Å². The summed E-state index contributed by atoms with van der Waals surface area (Å²) in [5.74, 6) is 0.0687. The number of esters is 1. The molecule has 0 fully saturated rings. The molecule has 3 aromatic rings. The number of carbonyl (C=O) groups excluding carboxylic acids is 1. The highest BCUT2D eigenvalue weighted by Gasteiger charge is 2.11. The second-order valence-corrected chi connectivity index (χ2v) is 6.89. The largest absolute Gasteiger partial charge is 0.481 e. The summed E-state index contributed by atoms with van der Waals surface area (Å²) >= 11 is 3.45. The van der Waals surface area contributed by atoms with Crippen molar-refractivity contribution in [3.8, 4) is 11.8 Å². The highest BCUT2D eigenvalue weighted by Crippen LogP contribution is 2.30. The molecule has 3 aromatic carbocycles. The van der Waals surface area contributed by atoms with Gasteiger partial charge in [0, 0.05) is 15.6 Å². The maximum atomic E-state index is 11.6. The van der Waals surface area contributed by atoms with Gasteiger partial charge in [0.05, 0.1) is 18.2 Å². The minimum atomic E-state index is -0.435. The molecule has 0 amide bonds. The number of carbonyl (C=O) groups is 1. The molecule has 0 atom stereocenters. The molecular formula is C23H18BrNO3. The number of halogens is 1. The molecule has 0 saturated carbocycles. The average molecular weight is 436 g/mol. The first-order valence-corrected chi connectivity index (χ1v) is 9.59. The van der Waals surface area contributed by atoms with Gasteiger partial charge in [-0.2, -0.15) is 5.26 Å². The van der Waals surface area contributed by atoms with E-state index in [2.05, 4.69) is 22.0 Å². The van der Waals surface area contributed by atoms with Crippen LogP contribution in [-0.2, 0) is 9.53 Å². The summed E-state index contributed by atoms with van der Waals surface area (Å²) in [5.41, 5.74) is 2.05. The van der Waals surface area contributed by atoms with Crippen molar-refractivity contribution in [2.75, 3.05) is 13.2 Å². The van der Waals surface area contributed by atoms with Crippen molar-refractivity contribution >= 4 is 44.3 Å². The van der Waals surface area contributed by atoms with Crippen LogP contribution in [0.5, 0.6) is 5.75 Å². The molecule has 3 rings (SSSR count). The molecule has 0 N–H and O–H groups in total. The van der Waals surface area contributed by atoms with Gasteiger partial charge in [0.15, 0.2) is 6.61 Å². The van der Waals surface area contributed by atoms with Crippen molar-refractivity contribution in [1.29, 1.82) is 5.26 Å². The number of nitrogens with zero attached hydrogens (tertiary/aromatic N) is 1. The zero-order valence-electron chi connectivity index (χ0n) is 15.3. The van der Waals surface area contributed by atoms with Crippen LogP contribution in [0.1, 0.15) is 18.1 Å². The molecule has 0 aromatic heterocycles. The van der Waals surface area contributed by atoms with Crippen LogP contribution < -0.4 is 4.74 Å². The summed E-state index contributed by atoms with van der Waals surface area (Å²) in [6, 6.07) is 21.5. The molecule has 0 aliphatic carbocycles. The normalized spacial score (nSPS) is 11.1. The van der Waals surface area contributed by atoms with E-state index >= 15 is 0 Å². The van der Waals surface area contributed by atoms with Crippen LogP contribution in [0.25, 0.3) is 22.4 Å². The molecule has 0 aliphatic rings. The van der Waals surface area contributed by atoms with E-state index in [-0.39, 0.29) is 6.61 Å². The molecular weight excluding hydrogens is 418 g/mol. The Bertz CT molecular complexity index is 1080. The monoisotopic (exact) mass is 435 g/mol. The summed E-state index contributed by atoms with van der Waals surface area (Å²) in [6.45, 7) is 1.86. The van der Waals surface area contributed by atoms with E-state index in [4.69, 9.17) is 9.47 Å². The van der Waals surface area contributed by atoms with Crippen molar-refractivity contribution in [1.82, 2.24) is 0 Å². The predicted molar refractivity (Wildman–Crippen MR) is 114 cm³/mol. The lowest BCUT2D eigenvalue weighted by molar-refractivity contribution is -0.145. The molecule has 0 radical (unpaired) electrons. The van der Waals surface area contributed by atoms with Gasteiger partial charge >= 0.3 is 5.97 Å². The molecule has 4 nitrogen and oxygen atoms in total. The molecule has 5 heteroatoms. The van der Waals surface area contributed by atoms with Gasteiger partial charge in [-0.1, -0.05) is 58.4 Å². The first-order chi connectivity index (χ1) is 13.6. The fraction of sp³-hybridized carbons (Fsp3) is 0.130. The van der Waals surface area contributed by atoms with Crippen LogP contribution in [-0.4, -0.2) is 19.2 Å². The van der Waals surface area contributed by atoms with Gasteiger partial charge in [-0.05, 0) is 42.0 Å². The standard InChI is InChI=1S/C23H18BrNO3/c1-2-27-23(26)15-28-22-11-10-19(24)13-17(22)12-18(14-25)21-9-5-7-16-6-3-4-8-20(16)21/h3-13H,2,15H2,1H3/b18-12-. The van der Waals surface area contributed by atoms with E-state index in [1.54, 1.807) is 19.1 Å². The Morgan fingerprint density at radius 3 is 2.71 bits per heavy atom. The summed E-state index contributed by atoms with van der Waals surface area (Å²) in [5, 5.41) is 11.9. The van der Waals surface area contributed by atoms with E-state index in [1.807, 2.05) is 54.6 Å². The van der Waals surface area contributed by atoms with Crippen LogP contribution in [0.4, 0.5) is 0 Å².